The Morgan fingerprint density at radius 2 is 1.13 bits per heavy atom. The van der Waals surface area contributed by atoms with E-state index in [1.807, 2.05) is 97.9 Å². The molecule has 2 aliphatic heterocycles. The third kappa shape index (κ3) is 2.23. The fraction of sp³-hybridized carbons (Fsp3) is 0.172. The van der Waals surface area contributed by atoms with Gasteiger partial charge in [0.2, 0.25) is 0 Å². The van der Waals surface area contributed by atoms with Gasteiger partial charge in [-0.3, -0.25) is 0 Å². The van der Waals surface area contributed by atoms with Crippen LogP contribution in [0.1, 0.15) is 39.8 Å². The Morgan fingerprint density at radius 3 is 1.77 bits per heavy atom. The number of fused-ring (bicyclic) bond motifs is 5. The van der Waals surface area contributed by atoms with Crippen LogP contribution in [0.4, 0.5) is 4.39 Å². The van der Waals surface area contributed by atoms with Crippen LogP contribution < -0.4 is 0 Å². The zero-order valence-corrected chi connectivity index (χ0v) is 17.4. The van der Waals surface area contributed by atoms with E-state index < -0.39 is 16.9 Å². The van der Waals surface area contributed by atoms with Crippen LogP contribution in [0.3, 0.4) is 0 Å². The highest BCUT2D eigenvalue weighted by Crippen LogP contribution is 2.71. The molecule has 0 aromatic heterocycles. The highest BCUT2D eigenvalue weighted by molar-refractivity contribution is 5.61. The summed E-state index contributed by atoms with van der Waals surface area (Å²) in [5.41, 5.74) is 1.69. The SMILES string of the molecule is Cc1ccccc1[C@]1(F)C[C@]2(c3ccccc3)O[C@@]1(c1ccccc1)c1ccccc12. The maximum absolute atomic E-state index is 17.8. The molecule has 0 amide bonds. The van der Waals surface area contributed by atoms with Crippen molar-refractivity contribution < 1.29 is 9.13 Å². The molecule has 0 saturated carbocycles. The second-order valence-corrected chi connectivity index (χ2v) is 8.68. The minimum atomic E-state index is -1.72. The van der Waals surface area contributed by atoms with Gasteiger partial charge in [-0.1, -0.05) is 109 Å². The number of aryl methyl sites for hydroxylation is 1. The summed E-state index contributed by atoms with van der Waals surface area (Å²) in [7, 11) is 0. The third-order valence-electron chi connectivity index (χ3n) is 7.11. The van der Waals surface area contributed by atoms with E-state index in [4.69, 9.17) is 4.74 Å². The summed E-state index contributed by atoms with van der Waals surface area (Å²) in [6, 6.07) is 36.0. The summed E-state index contributed by atoms with van der Waals surface area (Å²) in [5, 5.41) is 0. The van der Waals surface area contributed by atoms with Gasteiger partial charge in [-0.25, -0.2) is 4.39 Å². The van der Waals surface area contributed by atoms with Gasteiger partial charge in [0.15, 0.2) is 11.3 Å². The maximum Gasteiger partial charge on any atom is 0.176 e. The van der Waals surface area contributed by atoms with E-state index in [0.29, 0.717) is 5.56 Å². The normalized spacial score (nSPS) is 28.5. The van der Waals surface area contributed by atoms with Crippen molar-refractivity contribution in [2.75, 3.05) is 0 Å². The molecule has 2 heteroatoms. The molecule has 4 aromatic rings. The Labute approximate surface area is 182 Å². The van der Waals surface area contributed by atoms with Crippen molar-refractivity contribution in [2.24, 2.45) is 0 Å². The largest absolute Gasteiger partial charge is 0.346 e. The fourth-order valence-corrected chi connectivity index (χ4v) is 5.85. The van der Waals surface area contributed by atoms with Crippen molar-refractivity contribution >= 4 is 0 Å². The van der Waals surface area contributed by atoms with Gasteiger partial charge in [-0.05, 0) is 40.3 Å². The van der Waals surface area contributed by atoms with Crippen molar-refractivity contribution in [1.29, 1.82) is 0 Å². The van der Waals surface area contributed by atoms with Gasteiger partial charge in [0.1, 0.15) is 5.60 Å². The zero-order chi connectivity index (χ0) is 21.1. The maximum atomic E-state index is 17.8. The van der Waals surface area contributed by atoms with Gasteiger partial charge < -0.3 is 4.74 Å². The first kappa shape index (κ1) is 18.5. The molecule has 2 bridgehead atoms. The first-order chi connectivity index (χ1) is 15.1. The molecule has 152 valence electrons. The molecule has 4 aromatic carbocycles. The van der Waals surface area contributed by atoms with Crippen molar-refractivity contribution in [3.8, 4) is 0 Å². The number of halogens is 1. The van der Waals surface area contributed by atoms with Crippen LogP contribution in [0.2, 0.25) is 0 Å². The van der Waals surface area contributed by atoms with Crippen LogP contribution in [0, 0.1) is 6.92 Å². The standard InChI is InChI=1S/C29H23FO/c1-21-12-8-9-17-24(21)28(30)20-27(22-13-4-2-5-14-22)25-18-10-11-19-26(25)29(28,31-27)23-15-6-3-7-16-23/h2-19H,20H2,1H3/t27-,28-,29+/m1/s1. The van der Waals surface area contributed by atoms with Gasteiger partial charge in [0.05, 0.1) is 0 Å². The molecule has 2 aliphatic rings. The fourth-order valence-electron chi connectivity index (χ4n) is 5.85. The van der Waals surface area contributed by atoms with Crippen molar-refractivity contribution in [3.05, 3.63) is 143 Å². The van der Waals surface area contributed by atoms with E-state index >= 15 is 4.39 Å². The third-order valence-corrected chi connectivity index (χ3v) is 7.11. The summed E-state index contributed by atoms with van der Waals surface area (Å²) in [6.07, 6.45) is 0.237. The molecule has 0 spiro atoms. The van der Waals surface area contributed by atoms with E-state index in [1.165, 1.54) is 0 Å². The number of benzene rings is 4. The Balaban J connectivity index is 1.74. The van der Waals surface area contributed by atoms with Crippen molar-refractivity contribution in [2.45, 2.75) is 30.2 Å². The minimum absolute atomic E-state index is 0.237. The second kappa shape index (κ2) is 6.38. The molecule has 1 fully saturated rings. The topological polar surface area (TPSA) is 9.23 Å². The lowest BCUT2D eigenvalue weighted by molar-refractivity contribution is -0.0841. The van der Waals surface area contributed by atoms with Gasteiger partial charge in [-0.2, -0.15) is 0 Å². The first-order valence-corrected chi connectivity index (χ1v) is 10.8. The van der Waals surface area contributed by atoms with Gasteiger partial charge in [-0.15, -0.1) is 0 Å². The number of hydrogen-bond acceptors (Lipinski definition) is 1. The van der Waals surface area contributed by atoms with E-state index in [0.717, 1.165) is 27.8 Å². The molecule has 0 aliphatic carbocycles. The van der Waals surface area contributed by atoms with Crippen LogP contribution >= 0.6 is 0 Å². The predicted octanol–water partition coefficient (Wildman–Crippen LogP) is 6.78. The minimum Gasteiger partial charge on any atom is -0.346 e. The highest BCUT2D eigenvalue weighted by atomic mass is 19.1. The number of ether oxygens (including phenoxy) is 1. The summed E-state index contributed by atoms with van der Waals surface area (Å²) in [4.78, 5) is 0. The Bertz CT molecular complexity index is 1270. The van der Waals surface area contributed by atoms with Crippen LogP contribution in [-0.2, 0) is 21.6 Å². The van der Waals surface area contributed by atoms with E-state index in [1.54, 1.807) is 0 Å². The average Bonchev–Trinajstić information content (AvgIpc) is 3.29. The molecule has 0 radical (unpaired) electrons. The van der Waals surface area contributed by atoms with Crippen LogP contribution in [0.5, 0.6) is 0 Å². The van der Waals surface area contributed by atoms with Crippen LogP contribution in [-0.4, -0.2) is 0 Å². The van der Waals surface area contributed by atoms with E-state index in [9.17, 15) is 0 Å². The summed E-state index contributed by atoms with van der Waals surface area (Å²) in [6.45, 7) is 1.99. The molecule has 1 saturated heterocycles. The smallest absolute Gasteiger partial charge is 0.176 e. The Kier molecular flexibility index (Phi) is 3.82. The number of rotatable bonds is 3. The lowest BCUT2D eigenvalue weighted by Gasteiger charge is -2.41. The molecule has 3 atom stereocenters. The van der Waals surface area contributed by atoms with Gasteiger partial charge >= 0.3 is 0 Å². The highest BCUT2D eigenvalue weighted by Gasteiger charge is 2.74. The number of alkyl halides is 1. The van der Waals surface area contributed by atoms with Crippen molar-refractivity contribution in [1.82, 2.24) is 0 Å². The monoisotopic (exact) mass is 406 g/mol. The first-order valence-electron chi connectivity index (χ1n) is 10.8. The lowest BCUT2D eigenvalue weighted by atomic mass is 9.62. The summed E-state index contributed by atoms with van der Waals surface area (Å²) >= 11 is 0. The van der Waals surface area contributed by atoms with E-state index in [-0.39, 0.29) is 6.42 Å². The van der Waals surface area contributed by atoms with Crippen molar-refractivity contribution in [3.63, 3.8) is 0 Å². The molecule has 0 unspecified atom stereocenters. The number of hydrogen-bond donors (Lipinski definition) is 0. The molecule has 6 rings (SSSR count). The Hall–Kier alpha value is -3.23. The van der Waals surface area contributed by atoms with E-state index in [2.05, 4.69) is 18.2 Å². The molecule has 2 heterocycles. The average molecular weight is 407 g/mol. The predicted molar refractivity (Wildman–Crippen MR) is 121 cm³/mol. The Morgan fingerprint density at radius 1 is 0.613 bits per heavy atom. The lowest BCUT2D eigenvalue weighted by Crippen LogP contribution is -2.45. The summed E-state index contributed by atoms with van der Waals surface area (Å²) < 4.78 is 24.9. The molecule has 0 N–H and O–H groups in total. The van der Waals surface area contributed by atoms with Crippen LogP contribution in [0.25, 0.3) is 0 Å². The molecular formula is C29H23FO. The molecular weight excluding hydrogens is 383 g/mol. The zero-order valence-electron chi connectivity index (χ0n) is 17.4. The molecule has 1 nitrogen and oxygen atoms in total. The van der Waals surface area contributed by atoms with Gasteiger partial charge in [0, 0.05) is 6.42 Å². The second-order valence-electron chi connectivity index (χ2n) is 8.68. The van der Waals surface area contributed by atoms with Crippen LogP contribution in [0.15, 0.2) is 109 Å². The quantitative estimate of drug-likeness (QED) is 0.364. The van der Waals surface area contributed by atoms with Gasteiger partial charge in [0.25, 0.3) is 0 Å². The molecule has 31 heavy (non-hydrogen) atoms. The summed E-state index contributed by atoms with van der Waals surface area (Å²) in [5.74, 6) is 0.